The van der Waals surface area contributed by atoms with E-state index >= 15 is 0 Å². The molecule has 1 aromatic rings. The Balaban J connectivity index is 1.44. The lowest BCUT2D eigenvalue weighted by Gasteiger charge is -2.37. The van der Waals surface area contributed by atoms with E-state index in [0.29, 0.717) is 37.8 Å². The first-order valence-electron chi connectivity index (χ1n) is 10.6. The first kappa shape index (κ1) is 21.1. The standard InChI is InChI=1S/C23H32F2O3/c1-3-13-26-20-11-12-21(23(25)22(20)24)28-15-17-7-10-19(27-14-17)18-8-5-16(4-2)6-9-18/h4,11-12,16-19H,2-3,5-10,13-15H2,1H3. The third kappa shape index (κ3) is 5.25. The fraction of sp³-hybridized carbons (Fsp3) is 0.652. The van der Waals surface area contributed by atoms with E-state index in [-0.39, 0.29) is 17.4 Å². The Morgan fingerprint density at radius 2 is 1.71 bits per heavy atom. The van der Waals surface area contributed by atoms with E-state index in [4.69, 9.17) is 14.2 Å². The van der Waals surface area contributed by atoms with Crippen LogP contribution in [0, 0.1) is 29.4 Å². The van der Waals surface area contributed by atoms with Gasteiger partial charge in [-0.2, -0.15) is 8.78 Å². The second kappa shape index (κ2) is 10.2. The highest BCUT2D eigenvalue weighted by Crippen LogP contribution is 2.36. The summed E-state index contributed by atoms with van der Waals surface area (Å²) in [7, 11) is 0. The van der Waals surface area contributed by atoms with Crippen LogP contribution in [0.2, 0.25) is 0 Å². The van der Waals surface area contributed by atoms with Gasteiger partial charge in [0.05, 0.1) is 25.9 Å². The number of hydrogen-bond donors (Lipinski definition) is 0. The first-order chi connectivity index (χ1) is 13.6. The van der Waals surface area contributed by atoms with Gasteiger partial charge in [0.2, 0.25) is 11.6 Å². The summed E-state index contributed by atoms with van der Waals surface area (Å²) in [6, 6.07) is 2.87. The van der Waals surface area contributed by atoms with Crippen LogP contribution in [0.1, 0.15) is 51.9 Å². The van der Waals surface area contributed by atoms with E-state index in [0.717, 1.165) is 19.3 Å². The zero-order chi connectivity index (χ0) is 19.9. The maximum atomic E-state index is 14.2. The van der Waals surface area contributed by atoms with Crippen LogP contribution in [-0.2, 0) is 4.74 Å². The Labute approximate surface area is 167 Å². The Bertz CT molecular complexity index is 633. The first-order valence-corrected chi connectivity index (χ1v) is 10.6. The van der Waals surface area contributed by atoms with E-state index in [2.05, 4.69) is 12.7 Å². The van der Waals surface area contributed by atoms with Crippen molar-refractivity contribution in [2.75, 3.05) is 19.8 Å². The molecule has 1 aliphatic heterocycles. The Morgan fingerprint density at radius 1 is 1.04 bits per heavy atom. The molecule has 0 N–H and O–H groups in total. The third-order valence-corrected chi connectivity index (χ3v) is 6.03. The van der Waals surface area contributed by atoms with E-state index in [1.54, 1.807) is 0 Å². The minimum absolute atomic E-state index is 0.0637. The molecule has 3 nitrogen and oxygen atoms in total. The summed E-state index contributed by atoms with van der Waals surface area (Å²) in [4.78, 5) is 0. The quantitative estimate of drug-likeness (QED) is 0.512. The molecule has 2 aliphatic rings. The molecule has 0 bridgehead atoms. The summed E-state index contributed by atoms with van der Waals surface area (Å²) < 4.78 is 45.1. The molecule has 0 aromatic heterocycles. The summed E-state index contributed by atoms with van der Waals surface area (Å²) in [5.74, 6) is -0.592. The van der Waals surface area contributed by atoms with E-state index < -0.39 is 11.6 Å². The predicted octanol–water partition coefficient (Wildman–Crippen LogP) is 5.92. The SMILES string of the molecule is C=CC1CCC(C2CCC(COc3ccc(OCCC)c(F)c3F)CO2)CC1. The van der Waals surface area contributed by atoms with Gasteiger partial charge in [0, 0.05) is 5.92 Å². The maximum absolute atomic E-state index is 14.2. The highest BCUT2D eigenvalue weighted by Gasteiger charge is 2.31. The average molecular weight is 395 g/mol. The monoisotopic (exact) mass is 394 g/mol. The van der Waals surface area contributed by atoms with Crippen LogP contribution in [0.4, 0.5) is 8.78 Å². The number of hydrogen-bond acceptors (Lipinski definition) is 3. The fourth-order valence-corrected chi connectivity index (χ4v) is 4.24. The molecule has 0 spiro atoms. The topological polar surface area (TPSA) is 27.7 Å². The van der Waals surface area contributed by atoms with Gasteiger partial charge in [0.1, 0.15) is 0 Å². The van der Waals surface area contributed by atoms with Crippen LogP contribution >= 0.6 is 0 Å². The lowest BCUT2D eigenvalue weighted by Crippen LogP contribution is -2.35. The number of ether oxygens (including phenoxy) is 3. The van der Waals surface area contributed by atoms with Crippen molar-refractivity contribution in [3.63, 3.8) is 0 Å². The molecule has 28 heavy (non-hydrogen) atoms. The second-order valence-electron chi connectivity index (χ2n) is 8.07. The van der Waals surface area contributed by atoms with Crippen LogP contribution in [0.3, 0.4) is 0 Å². The van der Waals surface area contributed by atoms with Crippen molar-refractivity contribution in [1.29, 1.82) is 0 Å². The van der Waals surface area contributed by atoms with Crippen molar-refractivity contribution in [2.45, 2.75) is 58.0 Å². The Morgan fingerprint density at radius 3 is 2.29 bits per heavy atom. The summed E-state index contributed by atoms with van der Waals surface area (Å²) in [5, 5.41) is 0. The van der Waals surface area contributed by atoms with Crippen LogP contribution in [-0.4, -0.2) is 25.9 Å². The van der Waals surface area contributed by atoms with Crippen molar-refractivity contribution < 1.29 is 23.0 Å². The minimum Gasteiger partial charge on any atom is -0.490 e. The molecule has 156 valence electrons. The lowest BCUT2D eigenvalue weighted by molar-refractivity contribution is -0.0643. The number of allylic oxidation sites excluding steroid dienone is 1. The van der Waals surface area contributed by atoms with Gasteiger partial charge >= 0.3 is 0 Å². The van der Waals surface area contributed by atoms with Crippen LogP contribution < -0.4 is 9.47 Å². The predicted molar refractivity (Wildman–Crippen MR) is 106 cm³/mol. The second-order valence-corrected chi connectivity index (χ2v) is 8.07. The highest BCUT2D eigenvalue weighted by atomic mass is 19.2. The van der Waals surface area contributed by atoms with Gasteiger partial charge in [-0.15, -0.1) is 6.58 Å². The molecule has 1 heterocycles. The van der Waals surface area contributed by atoms with Gasteiger partial charge in [-0.25, -0.2) is 0 Å². The van der Waals surface area contributed by atoms with Gasteiger partial charge in [-0.1, -0.05) is 13.0 Å². The van der Waals surface area contributed by atoms with Gasteiger partial charge in [0.25, 0.3) is 0 Å². The summed E-state index contributed by atoms with van der Waals surface area (Å²) in [5.41, 5.74) is 0. The van der Waals surface area contributed by atoms with Gasteiger partial charge in [-0.3, -0.25) is 0 Å². The molecule has 1 aromatic carbocycles. The van der Waals surface area contributed by atoms with Crippen molar-refractivity contribution in [3.8, 4) is 11.5 Å². The Kier molecular flexibility index (Phi) is 7.72. The van der Waals surface area contributed by atoms with Gasteiger partial charge in [0.15, 0.2) is 11.5 Å². The minimum atomic E-state index is -0.985. The molecule has 5 heteroatoms. The van der Waals surface area contributed by atoms with Crippen LogP contribution in [0.5, 0.6) is 11.5 Å². The molecule has 2 unspecified atom stereocenters. The molecule has 0 amide bonds. The third-order valence-electron chi connectivity index (χ3n) is 6.03. The summed E-state index contributed by atoms with van der Waals surface area (Å²) in [6.45, 7) is 7.12. The molecule has 2 atom stereocenters. The maximum Gasteiger partial charge on any atom is 0.204 e. The van der Waals surface area contributed by atoms with Crippen molar-refractivity contribution in [3.05, 3.63) is 36.4 Å². The van der Waals surface area contributed by atoms with Crippen LogP contribution in [0.15, 0.2) is 24.8 Å². The zero-order valence-electron chi connectivity index (χ0n) is 16.8. The molecular weight excluding hydrogens is 362 g/mol. The fourth-order valence-electron chi connectivity index (χ4n) is 4.24. The molecule has 0 radical (unpaired) electrons. The van der Waals surface area contributed by atoms with Gasteiger partial charge in [-0.05, 0) is 68.9 Å². The van der Waals surface area contributed by atoms with Crippen LogP contribution in [0.25, 0.3) is 0 Å². The van der Waals surface area contributed by atoms with E-state index in [1.165, 1.54) is 37.8 Å². The molecule has 2 fully saturated rings. The van der Waals surface area contributed by atoms with Gasteiger partial charge < -0.3 is 14.2 Å². The zero-order valence-corrected chi connectivity index (χ0v) is 16.8. The number of halogens is 2. The molecule has 3 rings (SSSR count). The Hall–Kier alpha value is -1.62. The number of benzene rings is 1. The largest absolute Gasteiger partial charge is 0.490 e. The summed E-state index contributed by atoms with van der Waals surface area (Å²) >= 11 is 0. The van der Waals surface area contributed by atoms with Crippen molar-refractivity contribution in [1.82, 2.24) is 0 Å². The smallest absolute Gasteiger partial charge is 0.204 e. The van der Waals surface area contributed by atoms with Crippen molar-refractivity contribution in [2.24, 2.45) is 17.8 Å². The molecule has 1 saturated carbocycles. The molecule has 1 saturated heterocycles. The lowest BCUT2D eigenvalue weighted by atomic mass is 9.77. The molecule has 1 aliphatic carbocycles. The van der Waals surface area contributed by atoms with Crippen molar-refractivity contribution >= 4 is 0 Å². The molecular formula is C23H32F2O3. The average Bonchev–Trinajstić information content (AvgIpc) is 2.74. The highest BCUT2D eigenvalue weighted by molar-refractivity contribution is 5.35. The number of rotatable bonds is 8. The van der Waals surface area contributed by atoms with E-state index in [9.17, 15) is 8.78 Å². The van der Waals surface area contributed by atoms with E-state index in [1.807, 2.05) is 6.92 Å². The summed E-state index contributed by atoms with van der Waals surface area (Å²) in [6.07, 6.45) is 9.98. The normalized spacial score (nSPS) is 28.0.